The van der Waals surface area contributed by atoms with Crippen LogP contribution in [0.5, 0.6) is 5.75 Å². The molecule has 0 saturated carbocycles. The van der Waals surface area contributed by atoms with Crippen molar-refractivity contribution in [3.63, 3.8) is 0 Å². The SMILES string of the molecule is CN(OC(=O)Oc1cncc(Br)c1)OC(=O)OC(C)(C)C. The lowest BCUT2D eigenvalue weighted by atomic mass is 10.2. The van der Waals surface area contributed by atoms with Gasteiger partial charge in [0.25, 0.3) is 0 Å². The van der Waals surface area contributed by atoms with Gasteiger partial charge in [-0.25, -0.2) is 9.59 Å². The molecule has 0 unspecified atom stereocenters. The molecule has 1 heterocycles. The summed E-state index contributed by atoms with van der Waals surface area (Å²) in [6.07, 6.45) is 0.735. The molecule has 0 aliphatic carbocycles. The number of nitrogens with zero attached hydrogens (tertiary/aromatic N) is 2. The van der Waals surface area contributed by atoms with Crippen LogP contribution in [0.25, 0.3) is 0 Å². The molecule has 0 atom stereocenters. The Morgan fingerprint density at radius 2 is 1.81 bits per heavy atom. The van der Waals surface area contributed by atoms with Gasteiger partial charge in [-0.15, -0.1) is 0 Å². The number of pyridine rings is 1. The lowest BCUT2D eigenvalue weighted by molar-refractivity contribution is -0.297. The molecule has 0 aromatic carbocycles. The van der Waals surface area contributed by atoms with Crippen molar-refractivity contribution >= 4 is 28.2 Å². The fourth-order valence-corrected chi connectivity index (χ4v) is 1.40. The average Bonchev–Trinajstić information content (AvgIpc) is 2.24. The van der Waals surface area contributed by atoms with Gasteiger partial charge >= 0.3 is 12.3 Å². The lowest BCUT2D eigenvalue weighted by Gasteiger charge is -2.20. The summed E-state index contributed by atoms with van der Waals surface area (Å²) >= 11 is 3.17. The molecule has 1 rings (SSSR count). The van der Waals surface area contributed by atoms with Gasteiger partial charge in [0.05, 0.1) is 13.2 Å². The van der Waals surface area contributed by atoms with Crippen LogP contribution in [0.3, 0.4) is 0 Å². The van der Waals surface area contributed by atoms with Crippen LogP contribution in [0.4, 0.5) is 9.59 Å². The van der Waals surface area contributed by atoms with Crippen molar-refractivity contribution in [3.8, 4) is 5.75 Å². The van der Waals surface area contributed by atoms with Crippen molar-refractivity contribution in [1.82, 2.24) is 10.2 Å². The number of halogens is 1. The summed E-state index contributed by atoms with van der Waals surface area (Å²) < 4.78 is 10.3. The largest absolute Gasteiger partial charge is 0.536 e. The van der Waals surface area contributed by atoms with Crippen LogP contribution >= 0.6 is 15.9 Å². The van der Waals surface area contributed by atoms with E-state index in [0.717, 1.165) is 0 Å². The molecule has 116 valence electrons. The van der Waals surface area contributed by atoms with Crippen LogP contribution < -0.4 is 4.74 Å². The average molecular weight is 363 g/mol. The molecule has 0 saturated heterocycles. The quantitative estimate of drug-likeness (QED) is 0.598. The summed E-state index contributed by atoms with van der Waals surface area (Å²) in [7, 11) is 1.20. The molecular formula is C12H15BrN2O6. The number of hydrogen-bond acceptors (Lipinski definition) is 8. The Bertz CT molecular complexity index is 517. The topological polar surface area (TPSA) is 87.2 Å². The molecule has 0 spiro atoms. The monoisotopic (exact) mass is 362 g/mol. The van der Waals surface area contributed by atoms with Gasteiger partial charge in [0.2, 0.25) is 0 Å². The number of aromatic nitrogens is 1. The van der Waals surface area contributed by atoms with Crippen LogP contribution in [0.15, 0.2) is 22.9 Å². The second-order valence-corrected chi connectivity index (χ2v) is 5.69. The first kappa shape index (κ1) is 17.2. The molecule has 9 heteroatoms. The minimum absolute atomic E-state index is 0.167. The van der Waals surface area contributed by atoms with Crippen LogP contribution in [0.1, 0.15) is 20.8 Å². The zero-order chi connectivity index (χ0) is 16.0. The maximum Gasteiger partial charge on any atom is 0.536 e. The van der Waals surface area contributed by atoms with Crippen LogP contribution in [0.2, 0.25) is 0 Å². The maximum atomic E-state index is 11.4. The Morgan fingerprint density at radius 3 is 2.38 bits per heavy atom. The second-order valence-electron chi connectivity index (χ2n) is 4.78. The fraction of sp³-hybridized carbons (Fsp3) is 0.417. The third-order valence-electron chi connectivity index (χ3n) is 1.68. The Hall–Kier alpha value is -1.87. The predicted molar refractivity (Wildman–Crippen MR) is 74.1 cm³/mol. The Morgan fingerprint density at radius 1 is 1.19 bits per heavy atom. The molecule has 0 aliphatic heterocycles. The highest BCUT2D eigenvalue weighted by molar-refractivity contribution is 9.10. The van der Waals surface area contributed by atoms with Crippen molar-refractivity contribution in [3.05, 3.63) is 22.9 Å². The van der Waals surface area contributed by atoms with E-state index in [1.165, 1.54) is 25.5 Å². The van der Waals surface area contributed by atoms with Gasteiger partial charge in [0, 0.05) is 15.9 Å². The van der Waals surface area contributed by atoms with Gasteiger partial charge in [0.15, 0.2) is 5.75 Å². The van der Waals surface area contributed by atoms with Gasteiger partial charge in [-0.3, -0.25) is 14.7 Å². The summed E-state index contributed by atoms with van der Waals surface area (Å²) in [5, 5.41) is 0.530. The molecule has 0 fully saturated rings. The third kappa shape index (κ3) is 7.47. The molecule has 21 heavy (non-hydrogen) atoms. The van der Waals surface area contributed by atoms with Crippen molar-refractivity contribution < 1.29 is 28.7 Å². The highest BCUT2D eigenvalue weighted by atomic mass is 79.9. The van der Waals surface area contributed by atoms with Crippen molar-refractivity contribution in [2.75, 3.05) is 7.05 Å². The van der Waals surface area contributed by atoms with E-state index < -0.39 is 17.9 Å². The van der Waals surface area contributed by atoms with Crippen LogP contribution in [0, 0.1) is 0 Å². The molecule has 8 nitrogen and oxygen atoms in total. The number of hydrogen-bond donors (Lipinski definition) is 0. The summed E-state index contributed by atoms with van der Waals surface area (Å²) in [4.78, 5) is 35.7. The van der Waals surface area contributed by atoms with Crippen LogP contribution in [-0.2, 0) is 14.4 Å². The van der Waals surface area contributed by atoms with Crippen LogP contribution in [-0.4, -0.2) is 35.2 Å². The van der Waals surface area contributed by atoms with Gasteiger partial charge in [-0.2, -0.15) is 0 Å². The molecule has 1 aromatic rings. The summed E-state index contributed by atoms with van der Waals surface area (Å²) in [5.41, 5.74) is -0.722. The van der Waals surface area contributed by atoms with Gasteiger partial charge in [-0.05, 0) is 42.8 Å². The van der Waals surface area contributed by atoms with Gasteiger partial charge in [-0.1, -0.05) is 0 Å². The normalized spacial score (nSPS) is 11.0. The molecule has 0 aliphatic rings. The van der Waals surface area contributed by atoms with E-state index in [2.05, 4.69) is 30.6 Å². The highest BCUT2D eigenvalue weighted by Crippen LogP contribution is 2.16. The Kier molecular flexibility index (Phi) is 5.91. The molecular weight excluding hydrogens is 348 g/mol. The number of ether oxygens (including phenoxy) is 2. The Balaban J connectivity index is 2.42. The summed E-state index contributed by atoms with van der Waals surface area (Å²) in [5.74, 6) is 0.167. The zero-order valence-corrected chi connectivity index (χ0v) is 13.5. The van der Waals surface area contributed by atoms with E-state index >= 15 is 0 Å². The van der Waals surface area contributed by atoms with E-state index in [1.807, 2.05) is 0 Å². The number of rotatable bonds is 3. The first-order chi connectivity index (χ1) is 9.65. The van der Waals surface area contributed by atoms with E-state index in [1.54, 1.807) is 20.8 Å². The first-order valence-corrected chi connectivity index (χ1v) is 6.60. The van der Waals surface area contributed by atoms with Gasteiger partial charge in [0.1, 0.15) is 5.60 Å². The van der Waals surface area contributed by atoms with Crippen molar-refractivity contribution in [2.45, 2.75) is 26.4 Å². The molecule has 0 N–H and O–H groups in total. The molecule has 0 bridgehead atoms. The smallest absolute Gasteiger partial charge is 0.427 e. The first-order valence-electron chi connectivity index (χ1n) is 5.81. The minimum Gasteiger partial charge on any atom is -0.427 e. The molecule has 1 aromatic heterocycles. The third-order valence-corrected chi connectivity index (χ3v) is 2.11. The minimum atomic E-state index is -1.10. The van der Waals surface area contributed by atoms with E-state index in [9.17, 15) is 9.59 Å². The van der Waals surface area contributed by atoms with E-state index in [-0.39, 0.29) is 5.75 Å². The second kappa shape index (κ2) is 7.23. The zero-order valence-electron chi connectivity index (χ0n) is 12.0. The predicted octanol–water partition coefficient (Wildman–Crippen LogP) is 3.07. The van der Waals surface area contributed by atoms with Crippen molar-refractivity contribution in [1.29, 1.82) is 0 Å². The molecule has 0 amide bonds. The number of carbonyl (C=O) groups is 2. The Labute approximate surface area is 130 Å². The summed E-state index contributed by atoms with van der Waals surface area (Å²) in [6.45, 7) is 5.01. The fourth-order valence-electron chi connectivity index (χ4n) is 1.06. The summed E-state index contributed by atoms with van der Waals surface area (Å²) in [6, 6.07) is 1.52. The maximum absolute atomic E-state index is 11.4. The highest BCUT2D eigenvalue weighted by Gasteiger charge is 2.21. The number of carbonyl (C=O) groups excluding carboxylic acids is 2. The van der Waals surface area contributed by atoms with Crippen molar-refractivity contribution in [2.24, 2.45) is 0 Å². The lowest BCUT2D eigenvalue weighted by Crippen LogP contribution is -2.32. The van der Waals surface area contributed by atoms with E-state index in [0.29, 0.717) is 9.70 Å². The standard InChI is InChI=1S/C12H15BrN2O6/c1-12(2,3)19-11(17)21-15(4)20-10(16)18-9-5-8(13)6-14-7-9/h5-7H,1-4H3. The van der Waals surface area contributed by atoms with Gasteiger partial charge < -0.3 is 9.47 Å². The van der Waals surface area contributed by atoms with E-state index in [4.69, 9.17) is 9.47 Å². The number of hydroxylamine groups is 2. The molecule has 0 radical (unpaired) electrons.